The average molecular weight is 821 g/mol. The van der Waals surface area contributed by atoms with Crippen LogP contribution in [0.1, 0.15) is 52.7 Å². The largest absolute Gasteiger partial charge is 0.456 e. The maximum absolute atomic E-state index is 6.95. The minimum Gasteiger partial charge on any atom is -0.456 e. The first-order chi connectivity index (χ1) is 31.0. The highest BCUT2D eigenvalue weighted by atomic mass is 16.3. The highest BCUT2D eigenvalue weighted by Crippen LogP contribution is 2.51. The number of rotatable bonds is 1. The summed E-state index contributed by atoms with van der Waals surface area (Å²) >= 11 is 0. The molecule has 0 amide bonds. The van der Waals surface area contributed by atoms with Crippen molar-refractivity contribution in [3.05, 3.63) is 175 Å². The lowest BCUT2D eigenvalue weighted by Gasteiger charge is -2.41. The Morgan fingerprint density at radius 3 is 1.67 bits per heavy atom. The topological polar surface area (TPSA) is 21.3 Å². The standard InChI is InChI=1S/C60H45BN2O/c1-59(2,3)36-30-37(60(4,5)6)32-38(31-36)62-51-29-35-27-48-42-19-10-8-17-40(42)39-16-7-9-18-41(39)47(48)26-34(35)28-49(51)61-57-52(62)33-54-55(45-21-12-14-25-53(45)64-54)56(57)46-23-15-22-44-43-20-11-13-24-50(43)63(61)58(44)46/h7-33H,1-6H3. The number of nitrogens with zero attached hydrogens (tertiary/aromatic N) is 2. The molecule has 0 aliphatic carbocycles. The van der Waals surface area contributed by atoms with Gasteiger partial charge >= 0.3 is 6.85 Å². The Bertz CT molecular complexity index is 4030. The third kappa shape index (κ3) is 4.73. The van der Waals surface area contributed by atoms with Gasteiger partial charge in [0.1, 0.15) is 11.2 Å². The molecule has 0 saturated heterocycles. The zero-order valence-corrected chi connectivity index (χ0v) is 37.0. The van der Waals surface area contributed by atoms with E-state index in [-0.39, 0.29) is 17.7 Å². The second-order valence-corrected chi connectivity index (χ2v) is 20.5. The summed E-state index contributed by atoms with van der Waals surface area (Å²) in [6.45, 7) is 13.9. The summed E-state index contributed by atoms with van der Waals surface area (Å²) in [6.07, 6.45) is 0. The molecular weight excluding hydrogens is 775 g/mol. The maximum atomic E-state index is 6.95. The van der Waals surface area contributed by atoms with E-state index in [1.807, 2.05) is 0 Å². The molecule has 0 spiro atoms. The third-order valence-corrected chi connectivity index (χ3v) is 14.7. The first-order valence-corrected chi connectivity index (χ1v) is 22.8. The van der Waals surface area contributed by atoms with Crippen molar-refractivity contribution in [2.45, 2.75) is 52.4 Å². The lowest BCUT2D eigenvalue weighted by Crippen LogP contribution is -2.56. The Kier molecular flexibility index (Phi) is 6.93. The second-order valence-electron chi connectivity index (χ2n) is 20.5. The predicted molar refractivity (Wildman–Crippen MR) is 275 cm³/mol. The van der Waals surface area contributed by atoms with Crippen LogP contribution in [0.4, 0.5) is 17.1 Å². The Morgan fingerprint density at radius 1 is 0.453 bits per heavy atom. The summed E-state index contributed by atoms with van der Waals surface area (Å²) in [5.74, 6) is 0. The molecule has 304 valence electrons. The first-order valence-electron chi connectivity index (χ1n) is 22.8. The fourth-order valence-electron chi connectivity index (χ4n) is 11.7. The molecule has 0 atom stereocenters. The summed E-state index contributed by atoms with van der Waals surface area (Å²) in [5.41, 5.74) is 15.6. The van der Waals surface area contributed by atoms with E-state index in [0.29, 0.717) is 0 Å². The molecule has 0 radical (unpaired) electrons. The molecule has 2 aliphatic rings. The highest BCUT2D eigenvalue weighted by molar-refractivity contribution is 6.90. The highest BCUT2D eigenvalue weighted by Gasteiger charge is 2.44. The fraction of sp³-hybridized carbons (Fsp3) is 0.133. The van der Waals surface area contributed by atoms with Crippen molar-refractivity contribution in [3.8, 4) is 11.1 Å². The molecule has 2 aromatic heterocycles. The third-order valence-electron chi connectivity index (χ3n) is 14.7. The number of aromatic nitrogens is 1. The van der Waals surface area contributed by atoms with Crippen LogP contribution in [0, 0.1) is 0 Å². The van der Waals surface area contributed by atoms with Crippen LogP contribution in [0.3, 0.4) is 0 Å². The predicted octanol–water partition coefficient (Wildman–Crippen LogP) is 15.3. The zero-order chi connectivity index (χ0) is 43.0. The summed E-state index contributed by atoms with van der Waals surface area (Å²) in [6, 6.07) is 62.1. The molecule has 0 bridgehead atoms. The van der Waals surface area contributed by atoms with Crippen LogP contribution in [-0.2, 0) is 10.8 Å². The Morgan fingerprint density at radius 2 is 1.02 bits per heavy atom. The van der Waals surface area contributed by atoms with Gasteiger partial charge in [-0.15, -0.1) is 0 Å². The minimum atomic E-state index is -0.104. The van der Waals surface area contributed by atoms with Gasteiger partial charge in [0.05, 0.1) is 0 Å². The van der Waals surface area contributed by atoms with Crippen molar-refractivity contribution in [1.82, 2.24) is 4.48 Å². The van der Waals surface area contributed by atoms with Crippen LogP contribution in [0.15, 0.2) is 168 Å². The van der Waals surface area contributed by atoms with Crippen molar-refractivity contribution >= 4 is 122 Å². The van der Waals surface area contributed by atoms with Crippen LogP contribution >= 0.6 is 0 Å². The molecule has 0 saturated carbocycles. The SMILES string of the molecule is CC(C)(C)c1cc(N2c3cc4cc5c6ccccc6c6ccccc6c5cc4cc3B3c4c2cc2oc5ccccc5c2c4-c2cccc4c5ccccc5n3c24)cc(C(C)(C)C)c1. The van der Waals surface area contributed by atoms with E-state index in [9.17, 15) is 0 Å². The van der Waals surface area contributed by atoms with Crippen LogP contribution in [0.5, 0.6) is 0 Å². The minimum absolute atomic E-state index is 0.0694. The van der Waals surface area contributed by atoms with Gasteiger partial charge in [-0.25, -0.2) is 0 Å². The van der Waals surface area contributed by atoms with E-state index in [4.69, 9.17) is 4.42 Å². The van der Waals surface area contributed by atoms with Gasteiger partial charge in [-0.2, -0.15) is 0 Å². The summed E-state index contributed by atoms with van der Waals surface area (Å²) < 4.78 is 9.63. The number of furan rings is 1. The van der Waals surface area contributed by atoms with E-state index in [2.05, 4.69) is 215 Å². The number of hydrogen-bond donors (Lipinski definition) is 0. The van der Waals surface area contributed by atoms with Gasteiger partial charge in [-0.3, -0.25) is 0 Å². The molecular formula is C60H45BN2O. The summed E-state index contributed by atoms with van der Waals surface area (Å²) in [4.78, 5) is 2.60. The van der Waals surface area contributed by atoms with Gasteiger partial charge in [-0.05, 0) is 124 Å². The van der Waals surface area contributed by atoms with Gasteiger partial charge in [0.15, 0.2) is 0 Å². The van der Waals surface area contributed by atoms with Crippen molar-refractivity contribution in [3.63, 3.8) is 0 Å². The van der Waals surface area contributed by atoms with Crippen LogP contribution < -0.4 is 15.8 Å². The maximum Gasteiger partial charge on any atom is 0.333 e. The lowest BCUT2D eigenvalue weighted by atomic mass is 9.44. The fourth-order valence-corrected chi connectivity index (χ4v) is 11.7. The van der Waals surface area contributed by atoms with E-state index >= 15 is 0 Å². The smallest absolute Gasteiger partial charge is 0.333 e. The Labute approximate surface area is 372 Å². The molecule has 64 heavy (non-hydrogen) atoms. The van der Waals surface area contributed by atoms with Gasteiger partial charge in [-0.1, -0.05) is 157 Å². The molecule has 0 fully saturated rings. The summed E-state index contributed by atoms with van der Waals surface area (Å²) in [7, 11) is 0. The van der Waals surface area contributed by atoms with Crippen LogP contribution in [0.25, 0.3) is 98.0 Å². The van der Waals surface area contributed by atoms with Crippen LogP contribution in [0.2, 0.25) is 0 Å². The quantitative estimate of drug-likeness (QED) is 0.0934. The van der Waals surface area contributed by atoms with Crippen molar-refractivity contribution in [2.75, 3.05) is 4.90 Å². The van der Waals surface area contributed by atoms with Gasteiger partial charge < -0.3 is 13.8 Å². The molecule has 4 heteroatoms. The van der Waals surface area contributed by atoms with Crippen molar-refractivity contribution < 1.29 is 4.42 Å². The van der Waals surface area contributed by atoms with Gasteiger partial charge in [0, 0.05) is 61.3 Å². The van der Waals surface area contributed by atoms with Crippen molar-refractivity contribution in [1.29, 1.82) is 0 Å². The number of benzene rings is 10. The molecule has 14 rings (SSSR count). The number of fused-ring (bicyclic) bond motifs is 18. The summed E-state index contributed by atoms with van der Waals surface area (Å²) in [5, 5.41) is 15.1. The number of hydrogen-bond acceptors (Lipinski definition) is 2. The molecule has 0 unspecified atom stereocenters. The normalized spacial score (nSPS) is 13.7. The molecule has 10 aromatic carbocycles. The van der Waals surface area contributed by atoms with E-state index in [1.54, 1.807) is 0 Å². The molecule has 2 aliphatic heterocycles. The molecule has 4 heterocycles. The second kappa shape index (κ2) is 12.2. The Balaban J connectivity index is 1.20. The zero-order valence-electron chi connectivity index (χ0n) is 37.0. The van der Waals surface area contributed by atoms with Crippen LogP contribution in [-0.4, -0.2) is 11.3 Å². The lowest BCUT2D eigenvalue weighted by molar-refractivity contribution is 0.569. The number of anilines is 3. The average Bonchev–Trinajstić information content (AvgIpc) is 3.84. The monoisotopic (exact) mass is 820 g/mol. The molecule has 3 nitrogen and oxygen atoms in total. The van der Waals surface area contributed by atoms with Gasteiger partial charge in [0.25, 0.3) is 0 Å². The van der Waals surface area contributed by atoms with Crippen molar-refractivity contribution in [2.24, 2.45) is 0 Å². The molecule has 0 N–H and O–H groups in total. The van der Waals surface area contributed by atoms with Gasteiger partial charge in [0.2, 0.25) is 0 Å². The number of para-hydroxylation sites is 3. The molecule has 12 aromatic rings. The van der Waals surface area contributed by atoms with E-state index in [1.165, 1.54) is 121 Å². The Hall–Kier alpha value is -7.30. The first kappa shape index (κ1) is 36.2. The van der Waals surface area contributed by atoms with E-state index < -0.39 is 0 Å². The van der Waals surface area contributed by atoms with E-state index in [0.717, 1.165) is 16.6 Å².